The summed E-state index contributed by atoms with van der Waals surface area (Å²) in [6, 6.07) is 5.41. The number of carbonyl (C=O) groups is 1. The molecule has 186 valence electrons. The van der Waals surface area contributed by atoms with E-state index in [2.05, 4.69) is 35.8 Å². The molecule has 2 heterocycles. The molecule has 1 saturated heterocycles. The first-order chi connectivity index (χ1) is 16.4. The van der Waals surface area contributed by atoms with E-state index >= 15 is 0 Å². The van der Waals surface area contributed by atoms with Crippen LogP contribution in [0.4, 0.5) is 27.9 Å². The molecule has 10 nitrogen and oxygen atoms in total. The Morgan fingerprint density at radius 3 is 2.62 bits per heavy atom. The number of nitrogens with one attached hydrogen (secondary N) is 3. The van der Waals surface area contributed by atoms with Crippen molar-refractivity contribution in [3.05, 3.63) is 30.1 Å². The van der Waals surface area contributed by atoms with Gasteiger partial charge in [0.15, 0.2) is 0 Å². The number of benzene rings is 1. The number of carbonyl (C=O) groups excluding carboxylic acids is 1. The number of hydrogen-bond donors (Lipinski definition) is 3. The highest BCUT2D eigenvalue weighted by Crippen LogP contribution is 2.18. The van der Waals surface area contributed by atoms with Crippen LogP contribution in [0.5, 0.6) is 0 Å². The molecule has 2 aromatic rings. The number of anilines is 4. The Bertz CT molecular complexity index is 925. The average Bonchev–Trinajstić information content (AvgIpc) is 2.81. The van der Waals surface area contributed by atoms with Gasteiger partial charge in [-0.25, -0.2) is 9.18 Å². The molecule has 1 aromatic heterocycles. The minimum atomic E-state index is -0.608. The van der Waals surface area contributed by atoms with E-state index in [1.165, 1.54) is 19.2 Å². The Morgan fingerprint density at radius 1 is 1.18 bits per heavy atom. The number of methoxy groups -OCH3 is 1. The fourth-order valence-corrected chi connectivity index (χ4v) is 3.58. The van der Waals surface area contributed by atoms with Crippen molar-refractivity contribution in [1.29, 1.82) is 0 Å². The molecule has 1 aliphatic heterocycles. The first-order valence-electron chi connectivity index (χ1n) is 11.6. The van der Waals surface area contributed by atoms with Gasteiger partial charge in [0.1, 0.15) is 11.9 Å². The second-order valence-corrected chi connectivity index (χ2v) is 8.53. The Hall–Kier alpha value is -3.05. The summed E-state index contributed by atoms with van der Waals surface area (Å²) in [5.41, 5.74) is 0.502. The highest BCUT2D eigenvalue weighted by Gasteiger charge is 2.22. The van der Waals surface area contributed by atoms with Crippen molar-refractivity contribution in [2.45, 2.75) is 32.7 Å². The number of esters is 1. The molecule has 0 unspecified atom stereocenters. The molecule has 0 saturated carbocycles. The normalized spacial score (nSPS) is 15.1. The molecule has 0 spiro atoms. The van der Waals surface area contributed by atoms with Crippen LogP contribution in [0.2, 0.25) is 0 Å². The predicted molar refractivity (Wildman–Crippen MR) is 129 cm³/mol. The number of halogens is 1. The maximum Gasteiger partial charge on any atom is 0.328 e. The minimum absolute atomic E-state index is 0.223. The average molecular weight is 476 g/mol. The summed E-state index contributed by atoms with van der Waals surface area (Å²) in [5, 5.41) is 9.30. The van der Waals surface area contributed by atoms with E-state index in [9.17, 15) is 9.18 Å². The summed E-state index contributed by atoms with van der Waals surface area (Å²) in [5.74, 6) is 0.288. The van der Waals surface area contributed by atoms with Gasteiger partial charge < -0.3 is 25.4 Å². The molecule has 0 aliphatic carbocycles. The van der Waals surface area contributed by atoms with Crippen LogP contribution >= 0.6 is 0 Å². The van der Waals surface area contributed by atoms with Crippen molar-refractivity contribution in [3.8, 4) is 0 Å². The van der Waals surface area contributed by atoms with Crippen molar-refractivity contribution in [2.75, 3.05) is 62.5 Å². The first kappa shape index (κ1) is 25.6. The number of hydrogen-bond acceptors (Lipinski definition) is 10. The molecule has 0 amide bonds. The summed E-state index contributed by atoms with van der Waals surface area (Å²) in [6.07, 6.45) is 1.45. The lowest BCUT2D eigenvalue weighted by Crippen LogP contribution is -2.37. The van der Waals surface area contributed by atoms with E-state index < -0.39 is 12.0 Å². The molecule has 0 radical (unpaired) electrons. The largest absolute Gasteiger partial charge is 0.467 e. The SMILES string of the molecule is COC(=O)[C@@H](CC(C)C)Nc1nc(NCCCN2CCOCC2)nc(Nc2cccc(F)c2)n1. The highest BCUT2D eigenvalue weighted by molar-refractivity contribution is 5.78. The van der Waals surface area contributed by atoms with Gasteiger partial charge in [-0.15, -0.1) is 0 Å². The second-order valence-electron chi connectivity index (χ2n) is 8.53. The fourth-order valence-electron chi connectivity index (χ4n) is 3.58. The van der Waals surface area contributed by atoms with E-state index in [0.717, 1.165) is 39.3 Å². The summed E-state index contributed by atoms with van der Waals surface area (Å²) >= 11 is 0. The van der Waals surface area contributed by atoms with E-state index in [1.54, 1.807) is 12.1 Å². The van der Waals surface area contributed by atoms with E-state index in [4.69, 9.17) is 9.47 Å². The quantitative estimate of drug-likeness (QED) is 0.313. The van der Waals surface area contributed by atoms with Gasteiger partial charge in [0, 0.05) is 25.3 Å². The standard InChI is InChI=1S/C23H34FN7O3/c1-16(2)14-19(20(32)33-3)27-23-29-21(25-8-5-9-31-10-12-34-13-11-31)28-22(30-23)26-18-7-4-6-17(24)15-18/h4,6-7,15-16,19H,5,8-14H2,1-3H3,(H3,25,26,27,28,29,30)/t19-/m1/s1. The lowest BCUT2D eigenvalue weighted by Gasteiger charge is -2.26. The van der Waals surface area contributed by atoms with Crippen molar-refractivity contribution < 1.29 is 18.7 Å². The zero-order valence-electron chi connectivity index (χ0n) is 20.0. The van der Waals surface area contributed by atoms with Crippen LogP contribution in [0, 0.1) is 11.7 Å². The summed E-state index contributed by atoms with van der Waals surface area (Å²) in [7, 11) is 1.35. The number of morpholine rings is 1. The van der Waals surface area contributed by atoms with E-state index in [0.29, 0.717) is 24.6 Å². The van der Waals surface area contributed by atoms with Crippen molar-refractivity contribution in [1.82, 2.24) is 19.9 Å². The van der Waals surface area contributed by atoms with Crippen LogP contribution in [-0.4, -0.2) is 78.4 Å². The lowest BCUT2D eigenvalue weighted by atomic mass is 10.0. The molecular weight excluding hydrogens is 441 g/mol. The second kappa shape index (κ2) is 13.0. The van der Waals surface area contributed by atoms with Gasteiger partial charge in [-0.3, -0.25) is 4.90 Å². The van der Waals surface area contributed by atoms with Gasteiger partial charge in [0.05, 0.1) is 20.3 Å². The first-order valence-corrected chi connectivity index (χ1v) is 11.6. The smallest absolute Gasteiger partial charge is 0.328 e. The molecular formula is C23H34FN7O3. The Labute approximate surface area is 199 Å². The van der Waals surface area contributed by atoms with E-state index in [1.807, 2.05) is 13.8 Å². The monoisotopic (exact) mass is 475 g/mol. The topological polar surface area (TPSA) is 114 Å². The van der Waals surface area contributed by atoms with Crippen LogP contribution < -0.4 is 16.0 Å². The van der Waals surface area contributed by atoms with Crippen LogP contribution in [-0.2, 0) is 14.3 Å². The summed E-state index contributed by atoms with van der Waals surface area (Å²) < 4.78 is 23.9. The maximum atomic E-state index is 13.6. The molecule has 1 fully saturated rings. The maximum absolute atomic E-state index is 13.6. The molecule has 1 aromatic carbocycles. The van der Waals surface area contributed by atoms with Crippen molar-refractivity contribution in [3.63, 3.8) is 0 Å². The Balaban J connectivity index is 1.72. The number of ether oxygens (including phenoxy) is 2. The molecule has 1 aliphatic rings. The highest BCUT2D eigenvalue weighted by atomic mass is 19.1. The van der Waals surface area contributed by atoms with Gasteiger partial charge in [0.25, 0.3) is 0 Å². The zero-order valence-corrected chi connectivity index (χ0v) is 20.0. The third kappa shape index (κ3) is 8.38. The molecule has 1 atom stereocenters. The van der Waals surface area contributed by atoms with Crippen molar-refractivity contribution in [2.24, 2.45) is 5.92 Å². The van der Waals surface area contributed by atoms with Gasteiger partial charge in [-0.1, -0.05) is 19.9 Å². The number of nitrogens with zero attached hydrogens (tertiary/aromatic N) is 4. The zero-order chi connectivity index (χ0) is 24.3. The van der Waals surface area contributed by atoms with Crippen LogP contribution in [0.15, 0.2) is 24.3 Å². The molecule has 11 heteroatoms. The predicted octanol–water partition coefficient (Wildman–Crippen LogP) is 2.89. The van der Waals surface area contributed by atoms with Crippen LogP contribution in [0.25, 0.3) is 0 Å². The van der Waals surface area contributed by atoms with Gasteiger partial charge in [-0.05, 0) is 43.5 Å². The molecule has 34 heavy (non-hydrogen) atoms. The molecule has 3 N–H and O–H groups in total. The van der Waals surface area contributed by atoms with E-state index in [-0.39, 0.29) is 23.6 Å². The molecule has 3 rings (SSSR count). The fraction of sp³-hybridized carbons (Fsp3) is 0.565. The third-order valence-electron chi connectivity index (χ3n) is 5.25. The number of rotatable bonds is 12. The number of aromatic nitrogens is 3. The lowest BCUT2D eigenvalue weighted by molar-refractivity contribution is -0.141. The minimum Gasteiger partial charge on any atom is -0.467 e. The summed E-state index contributed by atoms with van der Waals surface area (Å²) in [4.78, 5) is 27.9. The van der Waals surface area contributed by atoms with Crippen LogP contribution in [0.1, 0.15) is 26.7 Å². The Morgan fingerprint density at radius 2 is 1.91 bits per heavy atom. The van der Waals surface area contributed by atoms with Gasteiger partial charge in [-0.2, -0.15) is 15.0 Å². The van der Waals surface area contributed by atoms with Gasteiger partial charge in [0.2, 0.25) is 17.8 Å². The molecule has 0 bridgehead atoms. The third-order valence-corrected chi connectivity index (χ3v) is 5.25. The van der Waals surface area contributed by atoms with Gasteiger partial charge >= 0.3 is 5.97 Å². The summed E-state index contributed by atoms with van der Waals surface area (Å²) in [6.45, 7) is 9.04. The van der Waals surface area contributed by atoms with Crippen LogP contribution in [0.3, 0.4) is 0 Å². The Kier molecular flexibility index (Phi) is 9.77. The van der Waals surface area contributed by atoms with Crippen molar-refractivity contribution >= 4 is 29.5 Å².